The zero-order chi connectivity index (χ0) is 14.5. The van der Waals surface area contributed by atoms with Crippen LogP contribution in [0.4, 0.5) is 0 Å². The third kappa shape index (κ3) is 2.70. The van der Waals surface area contributed by atoms with E-state index in [2.05, 4.69) is 21.8 Å². The molecular formula is C17H11N3O. The van der Waals surface area contributed by atoms with Crippen molar-refractivity contribution in [3.8, 4) is 23.7 Å². The summed E-state index contributed by atoms with van der Waals surface area (Å²) in [7, 11) is 0. The van der Waals surface area contributed by atoms with E-state index in [9.17, 15) is 0 Å². The number of hydrogen-bond acceptors (Lipinski definition) is 3. The molecule has 2 heterocycles. The highest BCUT2D eigenvalue weighted by Crippen LogP contribution is 2.18. The second kappa shape index (κ2) is 5.81. The van der Waals surface area contributed by atoms with Gasteiger partial charge in [0.1, 0.15) is 17.5 Å². The first kappa shape index (κ1) is 12.8. The molecule has 0 unspecified atom stereocenters. The Bertz CT molecular complexity index is 878. The number of ether oxygens (including phenoxy) is 1. The van der Waals surface area contributed by atoms with Crippen molar-refractivity contribution in [3.05, 3.63) is 59.9 Å². The number of nitrogens with one attached hydrogen (secondary N) is 1. The lowest BCUT2D eigenvalue weighted by Crippen LogP contribution is -1.95. The maximum atomic E-state index is 8.60. The van der Waals surface area contributed by atoms with E-state index in [0.717, 1.165) is 22.2 Å². The number of fused-ring (bicyclic) bond motifs is 1. The van der Waals surface area contributed by atoms with E-state index in [4.69, 9.17) is 10.00 Å². The van der Waals surface area contributed by atoms with Gasteiger partial charge in [0.2, 0.25) is 0 Å². The molecule has 0 aliphatic rings. The minimum Gasteiger partial charge on any atom is -0.477 e. The molecule has 0 aliphatic carbocycles. The summed E-state index contributed by atoms with van der Waals surface area (Å²) in [5, 5.41) is 9.59. The summed E-state index contributed by atoms with van der Waals surface area (Å²) in [5.74, 6) is 6.84. The molecule has 0 aliphatic heterocycles. The Morgan fingerprint density at radius 2 is 1.95 bits per heavy atom. The van der Waals surface area contributed by atoms with Crippen LogP contribution in [0.2, 0.25) is 0 Å². The van der Waals surface area contributed by atoms with Gasteiger partial charge in [0.05, 0.1) is 5.56 Å². The lowest BCUT2D eigenvalue weighted by Gasteiger charge is -2.03. The predicted octanol–water partition coefficient (Wildman–Crippen LogP) is 2.87. The molecule has 0 spiro atoms. The van der Waals surface area contributed by atoms with E-state index in [0.29, 0.717) is 5.75 Å². The van der Waals surface area contributed by atoms with Gasteiger partial charge in [-0.1, -0.05) is 24.0 Å². The van der Waals surface area contributed by atoms with Crippen LogP contribution in [0.1, 0.15) is 11.1 Å². The zero-order valence-electron chi connectivity index (χ0n) is 11.1. The molecule has 0 fully saturated rings. The summed E-state index contributed by atoms with van der Waals surface area (Å²) in [6, 6.07) is 13.2. The fourth-order valence-corrected chi connectivity index (χ4v) is 2.01. The fraction of sp³-hybridized carbons (Fsp3) is 0.0588. The standard InChI is InChI=1S/C17H11N3O/c18-9-12-21-16-4-2-1-3-14(16)6-5-13-7-10-19-17-15(13)8-11-20-17/h1-4,7-8,10-11H,12H2,(H,19,20). The van der Waals surface area contributed by atoms with Crippen LogP contribution < -0.4 is 4.74 Å². The quantitative estimate of drug-likeness (QED) is 0.730. The van der Waals surface area contributed by atoms with Crippen LogP contribution in [-0.2, 0) is 0 Å². The molecule has 0 bridgehead atoms. The van der Waals surface area contributed by atoms with E-state index in [1.54, 1.807) is 12.3 Å². The molecule has 1 aromatic carbocycles. The van der Waals surface area contributed by atoms with E-state index in [-0.39, 0.29) is 6.61 Å². The van der Waals surface area contributed by atoms with Crippen molar-refractivity contribution in [3.63, 3.8) is 0 Å². The monoisotopic (exact) mass is 273 g/mol. The van der Waals surface area contributed by atoms with E-state index in [1.165, 1.54) is 0 Å². The largest absolute Gasteiger partial charge is 0.477 e. The molecule has 4 heteroatoms. The minimum atomic E-state index is 0.00993. The molecule has 0 amide bonds. The number of pyridine rings is 1. The Labute approximate surface area is 122 Å². The normalized spacial score (nSPS) is 9.67. The first-order chi connectivity index (χ1) is 10.4. The summed E-state index contributed by atoms with van der Waals surface area (Å²) in [6.45, 7) is 0.00993. The predicted molar refractivity (Wildman–Crippen MR) is 79.6 cm³/mol. The van der Waals surface area contributed by atoms with Crippen molar-refractivity contribution >= 4 is 11.0 Å². The SMILES string of the molecule is N#CCOc1ccccc1C#Cc1ccnc2[nH]ccc12. The van der Waals surface area contributed by atoms with Gasteiger partial charge in [0, 0.05) is 23.3 Å². The van der Waals surface area contributed by atoms with Gasteiger partial charge in [-0.25, -0.2) is 4.98 Å². The third-order valence-corrected chi connectivity index (χ3v) is 2.97. The molecule has 0 atom stereocenters. The number of para-hydroxylation sites is 1. The van der Waals surface area contributed by atoms with Crippen LogP contribution in [0, 0.1) is 23.2 Å². The van der Waals surface area contributed by atoms with Crippen molar-refractivity contribution in [2.24, 2.45) is 0 Å². The summed E-state index contributed by atoms with van der Waals surface area (Å²) < 4.78 is 5.37. The van der Waals surface area contributed by atoms with Gasteiger partial charge < -0.3 is 9.72 Å². The first-order valence-electron chi connectivity index (χ1n) is 6.41. The molecule has 2 aromatic heterocycles. The molecule has 0 saturated heterocycles. The van der Waals surface area contributed by atoms with Gasteiger partial charge in [-0.15, -0.1) is 0 Å². The van der Waals surface area contributed by atoms with Crippen LogP contribution >= 0.6 is 0 Å². The van der Waals surface area contributed by atoms with Crippen LogP contribution in [0.25, 0.3) is 11.0 Å². The van der Waals surface area contributed by atoms with Crippen molar-refractivity contribution in [2.45, 2.75) is 0 Å². The fourth-order valence-electron chi connectivity index (χ4n) is 2.01. The van der Waals surface area contributed by atoms with Crippen molar-refractivity contribution in [2.75, 3.05) is 6.61 Å². The number of nitriles is 1. The minimum absolute atomic E-state index is 0.00993. The average molecular weight is 273 g/mol. The summed E-state index contributed by atoms with van der Waals surface area (Å²) >= 11 is 0. The first-order valence-corrected chi connectivity index (χ1v) is 6.41. The molecule has 3 aromatic rings. The molecular weight excluding hydrogens is 262 g/mol. The van der Waals surface area contributed by atoms with E-state index in [1.807, 2.05) is 42.6 Å². The average Bonchev–Trinajstić information content (AvgIpc) is 3.01. The number of nitrogens with zero attached hydrogens (tertiary/aromatic N) is 2. The molecule has 0 radical (unpaired) electrons. The van der Waals surface area contributed by atoms with E-state index >= 15 is 0 Å². The Balaban J connectivity index is 1.98. The Hall–Kier alpha value is -3.24. The van der Waals surface area contributed by atoms with Crippen LogP contribution in [-0.4, -0.2) is 16.6 Å². The third-order valence-electron chi connectivity index (χ3n) is 2.97. The summed E-state index contributed by atoms with van der Waals surface area (Å²) in [4.78, 5) is 7.29. The Morgan fingerprint density at radius 1 is 1.10 bits per heavy atom. The number of benzene rings is 1. The van der Waals surface area contributed by atoms with E-state index < -0.39 is 0 Å². The van der Waals surface area contributed by atoms with Crippen molar-refractivity contribution in [1.82, 2.24) is 9.97 Å². The van der Waals surface area contributed by atoms with Crippen molar-refractivity contribution in [1.29, 1.82) is 5.26 Å². The summed E-state index contributed by atoms with van der Waals surface area (Å²) in [6.07, 6.45) is 3.56. The molecule has 1 N–H and O–H groups in total. The van der Waals surface area contributed by atoms with Crippen LogP contribution in [0.3, 0.4) is 0 Å². The molecule has 100 valence electrons. The van der Waals surface area contributed by atoms with Gasteiger partial charge >= 0.3 is 0 Å². The molecule has 0 saturated carbocycles. The topological polar surface area (TPSA) is 61.7 Å². The second-order valence-corrected chi connectivity index (χ2v) is 4.29. The number of H-pyrrole nitrogens is 1. The molecule has 3 rings (SSSR count). The highest BCUT2D eigenvalue weighted by Gasteiger charge is 2.01. The number of aromatic nitrogens is 2. The van der Waals surface area contributed by atoms with Crippen molar-refractivity contribution < 1.29 is 4.74 Å². The highest BCUT2D eigenvalue weighted by atomic mass is 16.5. The maximum absolute atomic E-state index is 8.60. The lowest BCUT2D eigenvalue weighted by atomic mass is 10.1. The molecule has 4 nitrogen and oxygen atoms in total. The smallest absolute Gasteiger partial charge is 0.174 e. The molecule has 21 heavy (non-hydrogen) atoms. The maximum Gasteiger partial charge on any atom is 0.174 e. The Morgan fingerprint density at radius 3 is 2.86 bits per heavy atom. The highest BCUT2D eigenvalue weighted by molar-refractivity contribution is 5.82. The number of rotatable bonds is 2. The van der Waals surface area contributed by atoms with Gasteiger partial charge in [0.15, 0.2) is 6.61 Å². The van der Waals surface area contributed by atoms with Gasteiger partial charge in [-0.3, -0.25) is 0 Å². The second-order valence-electron chi connectivity index (χ2n) is 4.29. The zero-order valence-corrected chi connectivity index (χ0v) is 11.1. The van der Waals surface area contributed by atoms with Gasteiger partial charge in [0.25, 0.3) is 0 Å². The van der Waals surface area contributed by atoms with Gasteiger partial charge in [-0.05, 0) is 24.3 Å². The lowest BCUT2D eigenvalue weighted by molar-refractivity contribution is 0.367. The van der Waals surface area contributed by atoms with Crippen LogP contribution in [0.15, 0.2) is 48.8 Å². The number of hydrogen-bond donors (Lipinski definition) is 1. The number of aromatic amines is 1. The van der Waals surface area contributed by atoms with Crippen LogP contribution in [0.5, 0.6) is 5.75 Å². The van der Waals surface area contributed by atoms with Gasteiger partial charge in [-0.2, -0.15) is 5.26 Å². The Kier molecular flexibility index (Phi) is 3.54. The summed E-state index contributed by atoms with van der Waals surface area (Å²) in [5.41, 5.74) is 2.47.